The molecule has 1 fully saturated rings. The van der Waals surface area contributed by atoms with E-state index in [1.807, 2.05) is 27.7 Å². The molecule has 0 atom stereocenters. The lowest BCUT2D eigenvalue weighted by Gasteiger charge is -2.32. The SMILES string of the molecule is CC1(C)OB(C(=Cc2cc(F)c(F)cc2F)CO)OC1(C)C. The molecule has 0 radical (unpaired) electrons. The molecule has 120 valence electrons. The van der Waals surface area contributed by atoms with Crippen LogP contribution in [0.15, 0.2) is 17.6 Å². The van der Waals surface area contributed by atoms with Crippen LogP contribution in [-0.4, -0.2) is 30.0 Å². The largest absolute Gasteiger partial charge is 0.492 e. The van der Waals surface area contributed by atoms with Crippen molar-refractivity contribution >= 4 is 13.2 Å². The Labute approximate surface area is 127 Å². The fraction of sp³-hybridized carbons (Fsp3) is 0.467. The molecule has 0 spiro atoms. The van der Waals surface area contributed by atoms with Gasteiger partial charge < -0.3 is 14.4 Å². The van der Waals surface area contributed by atoms with Gasteiger partial charge in [-0.25, -0.2) is 13.2 Å². The molecule has 2 rings (SSSR count). The van der Waals surface area contributed by atoms with Gasteiger partial charge in [0, 0.05) is 11.6 Å². The lowest BCUT2D eigenvalue weighted by Crippen LogP contribution is -2.41. The minimum atomic E-state index is -1.27. The van der Waals surface area contributed by atoms with Gasteiger partial charge in [0.25, 0.3) is 0 Å². The molecule has 1 aromatic rings. The summed E-state index contributed by atoms with van der Waals surface area (Å²) in [5.74, 6) is -3.36. The Morgan fingerprint density at radius 3 is 2.05 bits per heavy atom. The van der Waals surface area contributed by atoms with Gasteiger partial charge in [-0.3, -0.25) is 0 Å². The summed E-state index contributed by atoms with van der Waals surface area (Å²) in [5, 5.41) is 9.48. The summed E-state index contributed by atoms with van der Waals surface area (Å²) in [6.07, 6.45) is 1.21. The lowest BCUT2D eigenvalue weighted by atomic mass is 9.77. The summed E-state index contributed by atoms with van der Waals surface area (Å²) in [5.41, 5.74) is -1.21. The first-order chi connectivity index (χ1) is 10.1. The van der Waals surface area contributed by atoms with E-state index in [9.17, 15) is 18.3 Å². The molecule has 22 heavy (non-hydrogen) atoms. The molecule has 7 heteroatoms. The predicted octanol–water partition coefficient (Wildman–Crippen LogP) is 3.11. The third-order valence-corrected chi connectivity index (χ3v) is 4.12. The smallest absolute Gasteiger partial charge is 0.400 e. The standard InChI is InChI=1S/C15H18BF3O3/c1-14(2)15(3,4)22-16(21-14)10(8-20)5-9-6-12(18)13(19)7-11(9)17/h5-7,20H,8H2,1-4H3. The second-order valence-electron chi connectivity index (χ2n) is 6.25. The first-order valence-corrected chi connectivity index (χ1v) is 6.89. The molecule has 3 nitrogen and oxygen atoms in total. The van der Waals surface area contributed by atoms with E-state index < -0.39 is 42.4 Å². The van der Waals surface area contributed by atoms with E-state index in [1.54, 1.807) is 0 Å². The van der Waals surface area contributed by atoms with Crippen molar-refractivity contribution in [2.75, 3.05) is 6.61 Å². The van der Waals surface area contributed by atoms with Gasteiger partial charge in [-0.15, -0.1) is 0 Å². The topological polar surface area (TPSA) is 38.7 Å². The van der Waals surface area contributed by atoms with Crippen molar-refractivity contribution in [3.8, 4) is 0 Å². The summed E-state index contributed by atoms with van der Waals surface area (Å²) in [7, 11) is -0.887. The number of halogens is 3. The van der Waals surface area contributed by atoms with Crippen LogP contribution in [0.5, 0.6) is 0 Å². The number of benzene rings is 1. The van der Waals surface area contributed by atoms with Crippen molar-refractivity contribution in [3.05, 3.63) is 40.6 Å². The third kappa shape index (κ3) is 3.07. The highest BCUT2D eigenvalue weighted by atomic mass is 19.2. The summed E-state index contributed by atoms with van der Waals surface area (Å²) in [4.78, 5) is 0. The van der Waals surface area contributed by atoms with Crippen molar-refractivity contribution in [1.82, 2.24) is 0 Å². The Morgan fingerprint density at radius 2 is 1.55 bits per heavy atom. The molecular formula is C15H18BF3O3. The van der Waals surface area contributed by atoms with Gasteiger partial charge in [0.15, 0.2) is 11.6 Å². The molecule has 0 aromatic heterocycles. The first-order valence-electron chi connectivity index (χ1n) is 6.89. The minimum Gasteiger partial charge on any atom is -0.400 e. The second-order valence-corrected chi connectivity index (χ2v) is 6.25. The lowest BCUT2D eigenvalue weighted by molar-refractivity contribution is 0.00578. The number of rotatable bonds is 3. The fourth-order valence-electron chi connectivity index (χ4n) is 2.03. The van der Waals surface area contributed by atoms with Crippen molar-refractivity contribution in [2.45, 2.75) is 38.9 Å². The Kier molecular flexibility index (Phi) is 4.43. The van der Waals surface area contributed by atoms with Crippen LogP contribution in [0.25, 0.3) is 6.08 Å². The van der Waals surface area contributed by atoms with E-state index in [0.29, 0.717) is 6.07 Å². The van der Waals surface area contributed by atoms with E-state index in [0.717, 1.165) is 6.07 Å². The summed E-state index contributed by atoms with van der Waals surface area (Å²) >= 11 is 0. The molecule has 0 amide bonds. The van der Waals surface area contributed by atoms with Gasteiger partial charge in [-0.05, 0) is 39.2 Å². The zero-order chi connectivity index (χ0) is 16.7. The quantitative estimate of drug-likeness (QED) is 0.688. The Morgan fingerprint density at radius 1 is 1.05 bits per heavy atom. The summed E-state index contributed by atoms with van der Waals surface area (Å²) in [6, 6.07) is 1.19. The van der Waals surface area contributed by atoms with Crippen LogP contribution >= 0.6 is 0 Å². The zero-order valence-corrected chi connectivity index (χ0v) is 12.9. The highest BCUT2D eigenvalue weighted by molar-refractivity contribution is 6.55. The van der Waals surface area contributed by atoms with E-state index in [-0.39, 0.29) is 11.0 Å². The maximum Gasteiger partial charge on any atom is 0.492 e. The Bertz CT molecular complexity index is 598. The van der Waals surface area contributed by atoms with E-state index in [1.165, 1.54) is 6.08 Å². The van der Waals surface area contributed by atoms with Crippen LogP contribution in [0.4, 0.5) is 13.2 Å². The van der Waals surface area contributed by atoms with Gasteiger partial charge in [0.2, 0.25) is 0 Å². The molecule has 0 bridgehead atoms. The normalized spacial score (nSPS) is 20.5. The number of hydrogen-bond donors (Lipinski definition) is 1. The maximum atomic E-state index is 13.7. The van der Waals surface area contributed by atoms with Gasteiger partial charge in [-0.1, -0.05) is 6.08 Å². The van der Waals surface area contributed by atoms with Crippen molar-refractivity contribution in [1.29, 1.82) is 0 Å². The average molecular weight is 314 g/mol. The predicted molar refractivity (Wildman–Crippen MR) is 77.5 cm³/mol. The minimum absolute atomic E-state index is 0.183. The third-order valence-electron chi connectivity index (χ3n) is 4.12. The fourth-order valence-corrected chi connectivity index (χ4v) is 2.03. The van der Waals surface area contributed by atoms with Gasteiger partial charge in [0.1, 0.15) is 5.82 Å². The van der Waals surface area contributed by atoms with E-state index in [2.05, 4.69) is 0 Å². The van der Waals surface area contributed by atoms with E-state index >= 15 is 0 Å². The number of aliphatic hydroxyl groups excluding tert-OH is 1. The molecule has 1 aliphatic heterocycles. The van der Waals surface area contributed by atoms with Crippen molar-refractivity contribution in [3.63, 3.8) is 0 Å². The molecule has 1 heterocycles. The highest BCUT2D eigenvalue weighted by Gasteiger charge is 2.52. The van der Waals surface area contributed by atoms with Crippen LogP contribution in [0, 0.1) is 17.5 Å². The Balaban J connectivity index is 2.36. The molecular weight excluding hydrogens is 296 g/mol. The first kappa shape index (κ1) is 17.1. The maximum absolute atomic E-state index is 13.7. The molecule has 1 aliphatic rings. The highest BCUT2D eigenvalue weighted by Crippen LogP contribution is 2.38. The number of aliphatic hydroxyl groups is 1. The van der Waals surface area contributed by atoms with Gasteiger partial charge in [-0.2, -0.15) is 0 Å². The second kappa shape index (κ2) is 5.72. The van der Waals surface area contributed by atoms with Crippen LogP contribution < -0.4 is 0 Å². The van der Waals surface area contributed by atoms with Crippen LogP contribution in [0.3, 0.4) is 0 Å². The van der Waals surface area contributed by atoms with Crippen LogP contribution in [-0.2, 0) is 9.31 Å². The summed E-state index contributed by atoms with van der Waals surface area (Å²) in [6.45, 7) is 6.87. The van der Waals surface area contributed by atoms with Crippen molar-refractivity contribution in [2.24, 2.45) is 0 Å². The van der Waals surface area contributed by atoms with Gasteiger partial charge in [0.05, 0.1) is 17.8 Å². The van der Waals surface area contributed by atoms with Crippen LogP contribution in [0.1, 0.15) is 33.3 Å². The average Bonchev–Trinajstić information content (AvgIpc) is 2.61. The molecule has 1 N–H and O–H groups in total. The molecule has 0 unspecified atom stereocenters. The van der Waals surface area contributed by atoms with Crippen molar-refractivity contribution < 1.29 is 27.6 Å². The summed E-state index contributed by atoms with van der Waals surface area (Å²) < 4.78 is 51.4. The monoisotopic (exact) mass is 314 g/mol. The zero-order valence-electron chi connectivity index (χ0n) is 12.9. The molecule has 1 aromatic carbocycles. The number of hydrogen-bond acceptors (Lipinski definition) is 3. The van der Waals surface area contributed by atoms with Crippen LogP contribution in [0.2, 0.25) is 0 Å². The molecule has 0 saturated carbocycles. The van der Waals surface area contributed by atoms with Gasteiger partial charge >= 0.3 is 7.12 Å². The Hall–Kier alpha value is -1.31. The molecule has 0 aliphatic carbocycles. The molecule has 1 saturated heterocycles. The van der Waals surface area contributed by atoms with E-state index in [4.69, 9.17) is 9.31 Å².